The summed E-state index contributed by atoms with van der Waals surface area (Å²) in [5.41, 5.74) is 2.78. The quantitative estimate of drug-likeness (QED) is 0.822. The number of aromatic carboxylic acids is 1. The van der Waals surface area contributed by atoms with Gasteiger partial charge in [0.25, 0.3) is 0 Å². The molecule has 3 nitrogen and oxygen atoms in total. The molecule has 0 radical (unpaired) electrons. The highest BCUT2D eigenvalue weighted by atomic mass is 16.4. The van der Waals surface area contributed by atoms with Gasteiger partial charge >= 0.3 is 5.97 Å². The Morgan fingerprint density at radius 1 is 1.53 bits per heavy atom. The van der Waals surface area contributed by atoms with E-state index in [9.17, 15) is 4.79 Å². The van der Waals surface area contributed by atoms with Crippen LogP contribution in [0.1, 0.15) is 29.3 Å². The number of hydrogen-bond acceptors (Lipinski definition) is 2. The molecule has 3 heteroatoms. The van der Waals surface area contributed by atoms with Crippen molar-refractivity contribution < 1.29 is 9.90 Å². The van der Waals surface area contributed by atoms with Gasteiger partial charge in [-0.05, 0) is 36.6 Å². The number of carboxylic acid groups (broad SMARTS) is 1. The molecule has 2 rings (SSSR count). The van der Waals surface area contributed by atoms with Gasteiger partial charge in [-0.3, -0.25) is 0 Å². The molecule has 0 saturated carbocycles. The first-order chi connectivity index (χ1) is 7.22. The number of fused-ring (bicyclic) bond motifs is 1. The predicted molar refractivity (Wildman–Crippen MR) is 59.6 cm³/mol. The SMILES string of the molecule is CCCN1CCc2cc(C(=O)O)ccc21. The van der Waals surface area contributed by atoms with Crippen molar-refractivity contribution in [2.45, 2.75) is 19.8 Å². The first-order valence-electron chi connectivity index (χ1n) is 5.33. The highest BCUT2D eigenvalue weighted by Crippen LogP contribution is 2.28. The van der Waals surface area contributed by atoms with Gasteiger partial charge in [0.05, 0.1) is 5.56 Å². The summed E-state index contributed by atoms with van der Waals surface area (Å²) >= 11 is 0. The van der Waals surface area contributed by atoms with E-state index in [2.05, 4.69) is 11.8 Å². The van der Waals surface area contributed by atoms with Crippen LogP contribution < -0.4 is 4.90 Å². The fraction of sp³-hybridized carbons (Fsp3) is 0.417. The molecule has 0 fully saturated rings. The van der Waals surface area contributed by atoms with Gasteiger partial charge in [0.1, 0.15) is 0 Å². The maximum Gasteiger partial charge on any atom is 0.335 e. The Morgan fingerprint density at radius 3 is 3.00 bits per heavy atom. The minimum atomic E-state index is -0.841. The van der Waals surface area contributed by atoms with Crippen LogP contribution in [0.15, 0.2) is 18.2 Å². The van der Waals surface area contributed by atoms with E-state index in [0.29, 0.717) is 5.56 Å². The van der Waals surface area contributed by atoms with Crippen molar-refractivity contribution in [1.29, 1.82) is 0 Å². The third-order valence-electron chi connectivity index (χ3n) is 2.81. The predicted octanol–water partition coefficient (Wildman–Crippen LogP) is 2.16. The van der Waals surface area contributed by atoms with Crippen molar-refractivity contribution in [1.82, 2.24) is 0 Å². The Balaban J connectivity index is 2.29. The average Bonchev–Trinajstić information content (AvgIpc) is 2.61. The number of benzene rings is 1. The van der Waals surface area contributed by atoms with E-state index in [1.807, 2.05) is 6.07 Å². The van der Waals surface area contributed by atoms with E-state index in [0.717, 1.165) is 25.9 Å². The van der Waals surface area contributed by atoms with Crippen LogP contribution in [0.4, 0.5) is 5.69 Å². The van der Waals surface area contributed by atoms with Crippen LogP contribution in [-0.2, 0) is 6.42 Å². The molecule has 0 amide bonds. The average molecular weight is 205 g/mol. The van der Waals surface area contributed by atoms with Gasteiger partial charge in [0, 0.05) is 18.8 Å². The van der Waals surface area contributed by atoms with E-state index < -0.39 is 5.97 Å². The maximum absolute atomic E-state index is 10.8. The van der Waals surface area contributed by atoms with Crippen molar-refractivity contribution in [2.75, 3.05) is 18.0 Å². The molecule has 1 heterocycles. The Morgan fingerprint density at radius 2 is 2.33 bits per heavy atom. The van der Waals surface area contributed by atoms with Crippen molar-refractivity contribution in [3.63, 3.8) is 0 Å². The number of carbonyl (C=O) groups is 1. The van der Waals surface area contributed by atoms with Crippen LogP contribution in [0, 0.1) is 0 Å². The molecule has 0 bridgehead atoms. The normalized spacial score (nSPS) is 14.1. The Bertz CT molecular complexity index is 387. The van der Waals surface area contributed by atoms with Crippen LogP contribution in [-0.4, -0.2) is 24.2 Å². The molecule has 0 atom stereocenters. The smallest absolute Gasteiger partial charge is 0.335 e. The third-order valence-corrected chi connectivity index (χ3v) is 2.81. The molecule has 0 aliphatic carbocycles. The van der Waals surface area contributed by atoms with Gasteiger partial charge in [-0.1, -0.05) is 6.92 Å². The van der Waals surface area contributed by atoms with Gasteiger partial charge in [-0.2, -0.15) is 0 Å². The summed E-state index contributed by atoms with van der Waals surface area (Å²) in [5.74, 6) is -0.841. The lowest BCUT2D eigenvalue weighted by Crippen LogP contribution is -2.20. The summed E-state index contributed by atoms with van der Waals surface area (Å²) in [4.78, 5) is 13.1. The van der Waals surface area contributed by atoms with E-state index in [1.165, 1.54) is 11.3 Å². The van der Waals surface area contributed by atoms with E-state index in [-0.39, 0.29) is 0 Å². The van der Waals surface area contributed by atoms with Gasteiger partial charge < -0.3 is 10.0 Å². The second-order valence-corrected chi connectivity index (χ2v) is 3.89. The van der Waals surface area contributed by atoms with Gasteiger partial charge in [0.15, 0.2) is 0 Å². The van der Waals surface area contributed by atoms with E-state index >= 15 is 0 Å². The van der Waals surface area contributed by atoms with Gasteiger partial charge in [-0.25, -0.2) is 4.79 Å². The molecule has 0 unspecified atom stereocenters. The standard InChI is InChI=1S/C12H15NO2/c1-2-6-13-7-5-9-8-10(12(14)15)3-4-11(9)13/h3-4,8H,2,5-7H2,1H3,(H,14,15). The van der Waals surface area contributed by atoms with Crippen molar-refractivity contribution in [2.24, 2.45) is 0 Å². The second-order valence-electron chi connectivity index (χ2n) is 3.89. The van der Waals surface area contributed by atoms with E-state index in [1.54, 1.807) is 12.1 Å². The molecule has 1 N–H and O–H groups in total. The Kier molecular flexibility index (Phi) is 2.62. The first kappa shape index (κ1) is 10.0. The topological polar surface area (TPSA) is 40.5 Å². The largest absolute Gasteiger partial charge is 0.478 e. The zero-order valence-electron chi connectivity index (χ0n) is 8.86. The minimum Gasteiger partial charge on any atom is -0.478 e. The highest BCUT2D eigenvalue weighted by molar-refractivity contribution is 5.88. The van der Waals surface area contributed by atoms with Crippen LogP contribution >= 0.6 is 0 Å². The zero-order valence-corrected chi connectivity index (χ0v) is 8.86. The van der Waals surface area contributed by atoms with Gasteiger partial charge in [0.2, 0.25) is 0 Å². The maximum atomic E-state index is 10.8. The summed E-state index contributed by atoms with van der Waals surface area (Å²) in [6, 6.07) is 5.42. The molecule has 15 heavy (non-hydrogen) atoms. The molecule has 1 aliphatic heterocycles. The van der Waals surface area contributed by atoms with Crippen LogP contribution in [0.2, 0.25) is 0 Å². The Labute approximate surface area is 89.3 Å². The fourth-order valence-corrected chi connectivity index (χ4v) is 2.11. The molecule has 1 aromatic carbocycles. The van der Waals surface area contributed by atoms with Crippen molar-refractivity contribution in [3.05, 3.63) is 29.3 Å². The number of nitrogens with zero attached hydrogens (tertiary/aromatic N) is 1. The molecular weight excluding hydrogens is 190 g/mol. The summed E-state index contributed by atoms with van der Waals surface area (Å²) in [6.07, 6.45) is 2.09. The summed E-state index contributed by atoms with van der Waals surface area (Å²) in [6.45, 7) is 4.23. The van der Waals surface area contributed by atoms with E-state index in [4.69, 9.17) is 5.11 Å². The van der Waals surface area contributed by atoms with Crippen LogP contribution in [0.3, 0.4) is 0 Å². The lowest BCUT2D eigenvalue weighted by atomic mass is 10.1. The summed E-state index contributed by atoms with van der Waals surface area (Å²) in [5, 5.41) is 8.87. The molecule has 0 spiro atoms. The molecule has 0 aromatic heterocycles. The fourth-order valence-electron chi connectivity index (χ4n) is 2.11. The molecular formula is C12H15NO2. The Hall–Kier alpha value is -1.51. The third kappa shape index (κ3) is 1.82. The van der Waals surface area contributed by atoms with Crippen LogP contribution in [0.25, 0.3) is 0 Å². The van der Waals surface area contributed by atoms with Gasteiger partial charge in [-0.15, -0.1) is 0 Å². The lowest BCUT2D eigenvalue weighted by molar-refractivity contribution is 0.0697. The monoisotopic (exact) mass is 205 g/mol. The molecule has 1 aliphatic rings. The van der Waals surface area contributed by atoms with Crippen LogP contribution in [0.5, 0.6) is 0 Å². The molecule has 80 valence electrons. The lowest BCUT2D eigenvalue weighted by Gasteiger charge is -2.18. The molecule has 1 aromatic rings. The van der Waals surface area contributed by atoms with Crippen molar-refractivity contribution >= 4 is 11.7 Å². The second kappa shape index (κ2) is 3.93. The number of anilines is 1. The summed E-state index contributed by atoms with van der Waals surface area (Å²) < 4.78 is 0. The zero-order chi connectivity index (χ0) is 10.8. The van der Waals surface area contributed by atoms with Crippen molar-refractivity contribution in [3.8, 4) is 0 Å². The first-order valence-corrected chi connectivity index (χ1v) is 5.33. The summed E-state index contributed by atoms with van der Waals surface area (Å²) in [7, 11) is 0. The number of carboxylic acids is 1. The highest BCUT2D eigenvalue weighted by Gasteiger charge is 2.19. The molecule has 0 saturated heterocycles. The minimum absolute atomic E-state index is 0.395. The number of hydrogen-bond donors (Lipinski definition) is 1. The number of rotatable bonds is 3.